The van der Waals surface area contributed by atoms with Crippen LogP contribution in [0.15, 0.2) is 41.3 Å². The molecule has 1 heterocycles. The van der Waals surface area contributed by atoms with Crippen molar-refractivity contribution in [3.63, 3.8) is 0 Å². The molecule has 0 atom stereocenters. The molecule has 134 valence electrons. The normalized spacial score (nSPS) is 16.2. The van der Waals surface area contributed by atoms with Gasteiger partial charge in [0.15, 0.2) is 0 Å². The third-order valence-corrected chi connectivity index (χ3v) is 7.20. The Balaban J connectivity index is 1.81. The van der Waals surface area contributed by atoms with Gasteiger partial charge in [-0.15, -0.1) is 0 Å². The fourth-order valence-corrected chi connectivity index (χ4v) is 5.20. The van der Waals surface area contributed by atoms with Crippen molar-refractivity contribution in [1.82, 2.24) is 4.31 Å². The van der Waals surface area contributed by atoms with Crippen LogP contribution in [0, 0.1) is 20.8 Å². The van der Waals surface area contributed by atoms with Crippen molar-refractivity contribution < 1.29 is 8.42 Å². The molecule has 0 amide bonds. The summed E-state index contributed by atoms with van der Waals surface area (Å²) < 4.78 is 27.7. The number of benzene rings is 2. The smallest absolute Gasteiger partial charge is 0.243 e. The van der Waals surface area contributed by atoms with Crippen LogP contribution in [-0.4, -0.2) is 38.9 Å². The molecule has 2 aromatic carbocycles. The fraction of sp³-hybridized carbons (Fsp3) is 0.368. The van der Waals surface area contributed by atoms with Crippen LogP contribution in [0.5, 0.6) is 0 Å². The van der Waals surface area contributed by atoms with Crippen molar-refractivity contribution in [2.24, 2.45) is 0 Å². The van der Waals surface area contributed by atoms with Gasteiger partial charge < -0.3 is 4.90 Å². The Bertz CT molecular complexity index is 888. The fourth-order valence-electron chi connectivity index (χ4n) is 3.23. The molecular weight excluding hydrogens is 356 g/mol. The summed E-state index contributed by atoms with van der Waals surface area (Å²) in [5.41, 5.74) is 3.87. The van der Waals surface area contributed by atoms with Crippen LogP contribution in [-0.2, 0) is 10.0 Å². The van der Waals surface area contributed by atoms with Crippen molar-refractivity contribution in [3.05, 3.63) is 58.1 Å². The molecule has 1 fully saturated rings. The number of rotatable bonds is 3. The zero-order valence-corrected chi connectivity index (χ0v) is 16.4. The summed E-state index contributed by atoms with van der Waals surface area (Å²) >= 11 is 6.26. The molecule has 0 aliphatic carbocycles. The first-order valence-corrected chi connectivity index (χ1v) is 10.2. The maximum atomic E-state index is 13.1. The lowest BCUT2D eigenvalue weighted by molar-refractivity contribution is 0.384. The van der Waals surface area contributed by atoms with Gasteiger partial charge >= 0.3 is 0 Å². The number of piperazine rings is 1. The maximum absolute atomic E-state index is 13.1. The number of hydrogen-bond donors (Lipinski definition) is 0. The molecule has 0 spiro atoms. The third-order valence-electron chi connectivity index (χ3n) is 4.84. The standard InChI is InChI=1S/C19H23ClN2O2S/c1-14-12-16(3)19(13-15(14)2)25(23,24)22-10-8-21(9-11-22)18-7-5-4-6-17(18)20/h4-7,12-13H,8-11H2,1-3H3. The van der Waals surface area contributed by atoms with Crippen LogP contribution in [0.2, 0.25) is 5.02 Å². The van der Waals surface area contributed by atoms with Crippen molar-refractivity contribution in [1.29, 1.82) is 0 Å². The highest BCUT2D eigenvalue weighted by Crippen LogP contribution is 2.28. The Hall–Kier alpha value is -1.56. The van der Waals surface area contributed by atoms with Crippen molar-refractivity contribution in [3.8, 4) is 0 Å². The molecular formula is C19H23ClN2O2S. The van der Waals surface area contributed by atoms with Gasteiger partial charge in [0.2, 0.25) is 10.0 Å². The average Bonchev–Trinajstić information content (AvgIpc) is 2.58. The van der Waals surface area contributed by atoms with E-state index in [-0.39, 0.29) is 0 Å². The van der Waals surface area contributed by atoms with E-state index in [1.165, 1.54) is 0 Å². The van der Waals surface area contributed by atoms with E-state index < -0.39 is 10.0 Å². The van der Waals surface area contributed by atoms with Gasteiger partial charge in [-0.2, -0.15) is 4.31 Å². The molecule has 0 radical (unpaired) electrons. The Kier molecular flexibility index (Phi) is 5.09. The number of anilines is 1. The van der Waals surface area contributed by atoms with Gasteiger partial charge in [0, 0.05) is 26.2 Å². The predicted molar refractivity (Wildman–Crippen MR) is 103 cm³/mol. The monoisotopic (exact) mass is 378 g/mol. The van der Waals surface area contributed by atoms with E-state index in [9.17, 15) is 8.42 Å². The number of nitrogens with zero attached hydrogens (tertiary/aromatic N) is 2. The second-order valence-electron chi connectivity index (χ2n) is 6.54. The van der Waals surface area contributed by atoms with Crippen molar-refractivity contribution in [2.75, 3.05) is 31.1 Å². The molecule has 6 heteroatoms. The van der Waals surface area contributed by atoms with Crippen LogP contribution < -0.4 is 4.90 Å². The molecule has 25 heavy (non-hydrogen) atoms. The van der Waals surface area contributed by atoms with Gasteiger partial charge in [0.25, 0.3) is 0 Å². The Morgan fingerprint density at radius 3 is 2.12 bits per heavy atom. The van der Waals surface area contributed by atoms with Crippen LogP contribution in [0.4, 0.5) is 5.69 Å². The van der Waals surface area contributed by atoms with Crippen LogP contribution in [0.1, 0.15) is 16.7 Å². The zero-order chi connectivity index (χ0) is 18.2. The summed E-state index contributed by atoms with van der Waals surface area (Å²) in [4.78, 5) is 2.56. The summed E-state index contributed by atoms with van der Waals surface area (Å²) in [7, 11) is -3.47. The predicted octanol–water partition coefficient (Wildman–Crippen LogP) is 3.78. The number of aryl methyl sites for hydroxylation is 3. The SMILES string of the molecule is Cc1cc(C)c(S(=O)(=O)N2CCN(c3ccccc3Cl)CC2)cc1C. The van der Waals surface area contributed by atoms with Crippen molar-refractivity contribution in [2.45, 2.75) is 25.7 Å². The number of para-hydroxylation sites is 1. The number of halogens is 1. The lowest BCUT2D eigenvalue weighted by Gasteiger charge is -2.36. The van der Waals surface area contributed by atoms with Crippen LogP contribution >= 0.6 is 11.6 Å². The van der Waals surface area contributed by atoms with Gasteiger partial charge in [0.1, 0.15) is 0 Å². The summed E-state index contributed by atoms with van der Waals surface area (Å²) in [5, 5.41) is 0.698. The molecule has 1 aliphatic heterocycles. The second-order valence-corrected chi connectivity index (χ2v) is 8.86. The Morgan fingerprint density at radius 2 is 1.48 bits per heavy atom. The van der Waals surface area contributed by atoms with E-state index in [0.29, 0.717) is 36.1 Å². The first-order chi connectivity index (χ1) is 11.8. The third kappa shape index (κ3) is 3.54. The lowest BCUT2D eigenvalue weighted by atomic mass is 10.1. The molecule has 1 saturated heterocycles. The highest BCUT2D eigenvalue weighted by Gasteiger charge is 2.30. The molecule has 4 nitrogen and oxygen atoms in total. The largest absolute Gasteiger partial charge is 0.368 e. The molecule has 0 bridgehead atoms. The van der Waals surface area contributed by atoms with E-state index in [0.717, 1.165) is 22.4 Å². The van der Waals surface area contributed by atoms with Crippen LogP contribution in [0.3, 0.4) is 0 Å². The summed E-state index contributed by atoms with van der Waals surface area (Å²) in [6.07, 6.45) is 0. The minimum absolute atomic E-state index is 0.418. The number of sulfonamides is 1. The summed E-state index contributed by atoms with van der Waals surface area (Å²) in [5.74, 6) is 0. The maximum Gasteiger partial charge on any atom is 0.243 e. The topological polar surface area (TPSA) is 40.6 Å². The summed E-state index contributed by atoms with van der Waals surface area (Å²) in [6, 6.07) is 11.4. The molecule has 1 aliphatic rings. The molecule has 0 saturated carbocycles. The first-order valence-electron chi connectivity index (χ1n) is 8.38. The molecule has 2 aromatic rings. The van der Waals surface area contributed by atoms with Crippen molar-refractivity contribution >= 4 is 27.3 Å². The number of hydrogen-bond acceptors (Lipinski definition) is 3. The van der Waals surface area contributed by atoms with Gasteiger partial charge in [-0.25, -0.2) is 8.42 Å². The van der Waals surface area contributed by atoms with Gasteiger partial charge in [0.05, 0.1) is 15.6 Å². The average molecular weight is 379 g/mol. The molecule has 0 N–H and O–H groups in total. The van der Waals surface area contributed by atoms with Gasteiger partial charge in [-0.05, 0) is 55.7 Å². The van der Waals surface area contributed by atoms with E-state index >= 15 is 0 Å². The minimum Gasteiger partial charge on any atom is -0.368 e. The first kappa shape index (κ1) is 18.2. The molecule has 3 rings (SSSR count). The Morgan fingerprint density at radius 1 is 0.880 bits per heavy atom. The highest BCUT2D eigenvalue weighted by molar-refractivity contribution is 7.89. The van der Waals surface area contributed by atoms with E-state index in [2.05, 4.69) is 4.90 Å². The second kappa shape index (κ2) is 6.98. The van der Waals surface area contributed by atoms with E-state index in [1.807, 2.05) is 51.1 Å². The van der Waals surface area contributed by atoms with E-state index in [4.69, 9.17) is 11.6 Å². The summed E-state index contributed by atoms with van der Waals surface area (Å²) in [6.45, 7) is 7.99. The van der Waals surface area contributed by atoms with Gasteiger partial charge in [-0.1, -0.05) is 29.8 Å². The lowest BCUT2D eigenvalue weighted by Crippen LogP contribution is -2.48. The molecule has 0 unspecified atom stereocenters. The minimum atomic E-state index is -3.47. The highest BCUT2D eigenvalue weighted by atomic mass is 35.5. The molecule has 0 aromatic heterocycles. The van der Waals surface area contributed by atoms with Crippen LogP contribution in [0.25, 0.3) is 0 Å². The quantitative estimate of drug-likeness (QED) is 0.816. The van der Waals surface area contributed by atoms with Gasteiger partial charge in [-0.3, -0.25) is 0 Å². The zero-order valence-electron chi connectivity index (χ0n) is 14.8. The van der Waals surface area contributed by atoms with E-state index in [1.54, 1.807) is 10.4 Å². The Labute approximate surface area is 155 Å².